The second-order valence-corrected chi connectivity index (χ2v) is 5.61. The smallest absolute Gasteiger partial charge is 0.131 e. The van der Waals surface area contributed by atoms with Gasteiger partial charge in [-0.05, 0) is 12.1 Å². The Labute approximate surface area is 132 Å². The minimum atomic E-state index is -0.625. The maximum atomic E-state index is 13.6. The van der Waals surface area contributed by atoms with Crippen LogP contribution in [0.4, 0.5) is 14.5 Å². The number of halogens is 4. The number of nitrogens with zero attached hydrogens (tertiary/aromatic N) is 2. The predicted molar refractivity (Wildman–Crippen MR) is 81.1 cm³/mol. The van der Waals surface area contributed by atoms with Crippen LogP contribution in [0.1, 0.15) is 5.56 Å². The van der Waals surface area contributed by atoms with Crippen LogP contribution in [0.25, 0.3) is 11.0 Å². The van der Waals surface area contributed by atoms with Gasteiger partial charge in [0.2, 0.25) is 0 Å². The summed E-state index contributed by atoms with van der Waals surface area (Å²) in [5, 5.41) is 3.77. The van der Waals surface area contributed by atoms with E-state index in [1.807, 2.05) is 0 Å². The number of aromatic nitrogens is 2. The minimum Gasteiger partial charge on any atom is -0.378 e. The molecule has 0 radical (unpaired) electrons. The predicted octanol–water partition coefficient (Wildman–Crippen LogP) is 4.89. The molecule has 1 N–H and O–H groups in total. The molecule has 0 spiro atoms. The van der Waals surface area contributed by atoms with Gasteiger partial charge in [-0.15, -0.1) is 0 Å². The molecule has 0 aliphatic rings. The van der Waals surface area contributed by atoms with Crippen molar-refractivity contribution in [2.45, 2.75) is 6.54 Å². The first kappa shape index (κ1) is 14.4. The van der Waals surface area contributed by atoms with E-state index >= 15 is 0 Å². The van der Waals surface area contributed by atoms with Crippen molar-refractivity contribution in [3.8, 4) is 0 Å². The Kier molecular flexibility index (Phi) is 3.93. The molecular formula is C13H7Cl2F2N3S. The standard InChI is InChI=1S/C13H7Cl2F2N3S/c14-8-4-9(15)12-13(20-21-19-12)11(8)18-5-6-1-2-7(16)3-10(6)17/h1-4,18H,5H2. The third kappa shape index (κ3) is 2.79. The molecule has 8 heteroatoms. The van der Waals surface area contributed by atoms with Crippen molar-refractivity contribution in [3.63, 3.8) is 0 Å². The zero-order chi connectivity index (χ0) is 15.0. The van der Waals surface area contributed by atoms with Crippen LogP contribution in [-0.4, -0.2) is 8.75 Å². The van der Waals surface area contributed by atoms with Crippen LogP contribution in [0.3, 0.4) is 0 Å². The van der Waals surface area contributed by atoms with E-state index in [0.717, 1.165) is 17.8 Å². The molecule has 3 rings (SSSR count). The Morgan fingerprint density at radius 3 is 2.57 bits per heavy atom. The molecule has 0 atom stereocenters. The molecule has 3 nitrogen and oxygen atoms in total. The summed E-state index contributed by atoms with van der Waals surface area (Å²) in [6, 6.07) is 4.96. The first-order valence-corrected chi connectivity index (χ1v) is 7.33. The summed E-state index contributed by atoms with van der Waals surface area (Å²) in [6.45, 7) is 0.139. The van der Waals surface area contributed by atoms with E-state index < -0.39 is 11.6 Å². The summed E-state index contributed by atoms with van der Waals surface area (Å²) in [4.78, 5) is 0. The van der Waals surface area contributed by atoms with Crippen molar-refractivity contribution in [1.82, 2.24) is 8.75 Å². The molecule has 0 unspecified atom stereocenters. The molecule has 0 saturated heterocycles. The number of nitrogens with one attached hydrogen (secondary N) is 1. The number of hydrogen-bond donors (Lipinski definition) is 1. The van der Waals surface area contributed by atoms with E-state index in [9.17, 15) is 8.78 Å². The largest absolute Gasteiger partial charge is 0.378 e. The SMILES string of the molecule is Fc1ccc(CNc2c(Cl)cc(Cl)c3nsnc23)c(F)c1. The number of benzene rings is 2. The van der Waals surface area contributed by atoms with E-state index in [-0.39, 0.29) is 6.54 Å². The van der Waals surface area contributed by atoms with Gasteiger partial charge in [0.25, 0.3) is 0 Å². The Morgan fingerprint density at radius 1 is 1.05 bits per heavy atom. The highest BCUT2D eigenvalue weighted by Gasteiger charge is 2.14. The Hall–Kier alpha value is -1.50. The summed E-state index contributed by atoms with van der Waals surface area (Å²) in [5.74, 6) is -1.24. The van der Waals surface area contributed by atoms with Crippen molar-refractivity contribution < 1.29 is 8.78 Å². The molecule has 2 aromatic carbocycles. The van der Waals surface area contributed by atoms with Crippen LogP contribution in [0, 0.1) is 11.6 Å². The van der Waals surface area contributed by atoms with E-state index in [2.05, 4.69) is 14.1 Å². The molecule has 108 valence electrons. The fourth-order valence-electron chi connectivity index (χ4n) is 1.89. The molecule has 0 aliphatic heterocycles. The van der Waals surface area contributed by atoms with Crippen LogP contribution in [-0.2, 0) is 6.54 Å². The summed E-state index contributed by atoms with van der Waals surface area (Å²) >= 11 is 13.2. The highest BCUT2D eigenvalue weighted by atomic mass is 35.5. The first-order valence-electron chi connectivity index (χ1n) is 5.84. The minimum absolute atomic E-state index is 0.139. The fourth-order valence-corrected chi connectivity index (χ4v) is 3.07. The second kappa shape index (κ2) is 5.71. The molecular weight excluding hydrogens is 339 g/mol. The van der Waals surface area contributed by atoms with Gasteiger partial charge in [-0.25, -0.2) is 8.78 Å². The first-order chi connectivity index (χ1) is 10.1. The van der Waals surface area contributed by atoms with E-state index in [1.54, 1.807) is 6.07 Å². The highest BCUT2D eigenvalue weighted by Crippen LogP contribution is 2.35. The van der Waals surface area contributed by atoms with Gasteiger partial charge in [-0.2, -0.15) is 8.75 Å². The van der Waals surface area contributed by atoms with Gasteiger partial charge in [0.05, 0.1) is 27.5 Å². The van der Waals surface area contributed by atoms with Crippen LogP contribution in [0.15, 0.2) is 24.3 Å². The van der Waals surface area contributed by atoms with Crippen molar-refractivity contribution in [2.24, 2.45) is 0 Å². The zero-order valence-corrected chi connectivity index (χ0v) is 12.7. The number of anilines is 1. The maximum Gasteiger partial charge on any atom is 0.131 e. The van der Waals surface area contributed by atoms with E-state index in [1.165, 1.54) is 12.1 Å². The summed E-state index contributed by atoms with van der Waals surface area (Å²) in [7, 11) is 0. The molecule has 0 amide bonds. The Bertz CT molecular complexity index is 823. The number of rotatable bonds is 3. The van der Waals surface area contributed by atoms with Crippen LogP contribution >= 0.6 is 34.9 Å². The average molecular weight is 346 g/mol. The number of fused-ring (bicyclic) bond motifs is 1. The normalized spacial score (nSPS) is 11.0. The lowest BCUT2D eigenvalue weighted by Gasteiger charge is -2.10. The second-order valence-electron chi connectivity index (χ2n) is 4.27. The van der Waals surface area contributed by atoms with Gasteiger partial charge in [0, 0.05) is 18.2 Å². The average Bonchev–Trinajstić information content (AvgIpc) is 2.90. The van der Waals surface area contributed by atoms with Crippen molar-refractivity contribution in [1.29, 1.82) is 0 Å². The lowest BCUT2D eigenvalue weighted by molar-refractivity contribution is 0.574. The number of hydrogen-bond acceptors (Lipinski definition) is 4. The Morgan fingerprint density at radius 2 is 1.81 bits per heavy atom. The van der Waals surface area contributed by atoms with E-state index in [0.29, 0.717) is 32.3 Å². The molecule has 0 aliphatic carbocycles. The molecule has 0 saturated carbocycles. The molecule has 0 bridgehead atoms. The van der Waals surface area contributed by atoms with Gasteiger partial charge in [0.15, 0.2) is 0 Å². The van der Waals surface area contributed by atoms with Gasteiger partial charge >= 0.3 is 0 Å². The summed E-state index contributed by atoms with van der Waals surface area (Å²) in [5.41, 5.74) is 1.90. The highest BCUT2D eigenvalue weighted by molar-refractivity contribution is 7.00. The molecule has 1 aromatic heterocycles. The van der Waals surface area contributed by atoms with Crippen LogP contribution in [0.5, 0.6) is 0 Å². The van der Waals surface area contributed by atoms with Gasteiger partial charge < -0.3 is 5.32 Å². The lowest BCUT2D eigenvalue weighted by Crippen LogP contribution is -2.03. The van der Waals surface area contributed by atoms with Crippen molar-refractivity contribution >= 4 is 51.7 Å². The zero-order valence-electron chi connectivity index (χ0n) is 10.3. The third-order valence-electron chi connectivity index (χ3n) is 2.91. The summed E-state index contributed by atoms with van der Waals surface area (Å²) in [6.07, 6.45) is 0. The van der Waals surface area contributed by atoms with Crippen molar-refractivity contribution in [3.05, 3.63) is 51.5 Å². The topological polar surface area (TPSA) is 37.8 Å². The van der Waals surface area contributed by atoms with E-state index in [4.69, 9.17) is 23.2 Å². The quantitative estimate of drug-likeness (QED) is 0.734. The van der Waals surface area contributed by atoms with Gasteiger partial charge in [-0.3, -0.25) is 0 Å². The Balaban J connectivity index is 1.93. The van der Waals surface area contributed by atoms with Crippen LogP contribution in [0.2, 0.25) is 10.0 Å². The van der Waals surface area contributed by atoms with Gasteiger partial charge in [0.1, 0.15) is 22.7 Å². The van der Waals surface area contributed by atoms with Gasteiger partial charge in [-0.1, -0.05) is 29.3 Å². The molecule has 3 aromatic rings. The third-order valence-corrected chi connectivity index (χ3v) is 4.03. The lowest BCUT2D eigenvalue weighted by atomic mass is 10.2. The molecule has 0 fully saturated rings. The van der Waals surface area contributed by atoms with Crippen molar-refractivity contribution in [2.75, 3.05) is 5.32 Å². The molecule has 1 heterocycles. The molecule has 21 heavy (non-hydrogen) atoms. The summed E-state index contributed by atoms with van der Waals surface area (Å²) < 4.78 is 34.7. The monoisotopic (exact) mass is 345 g/mol. The maximum absolute atomic E-state index is 13.6. The van der Waals surface area contributed by atoms with Crippen LogP contribution < -0.4 is 5.32 Å². The fraction of sp³-hybridized carbons (Fsp3) is 0.0769.